The molecule has 0 saturated heterocycles. The Morgan fingerprint density at radius 3 is 2.39 bits per heavy atom. The first-order chi connectivity index (χ1) is 15.3. The van der Waals surface area contributed by atoms with E-state index in [-0.39, 0.29) is 10.2 Å². The molecule has 1 aromatic heterocycles. The monoisotopic (exact) mass is 539 g/mol. The van der Waals surface area contributed by atoms with E-state index in [0.717, 1.165) is 6.07 Å². The van der Waals surface area contributed by atoms with Crippen molar-refractivity contribution in [2.75, 3.05) is 0 Å². The first-order valence-corrected chi connectivity index (χ1v) is 9.67. The summed E-state index contributed by atoms with van der Waals surface area (Å²) in [5, 5.41) is 1.57. The second-order valence-electron chi connectivity index (χ2n) is 6.78. The molecule has 2 aromatic rings. The number of carbonyl (C=O) groups excluding carboxylic acids is 2. The van der Waals surface area contributed by atoms with Crippen molar-refractivity contribution < 1.29 is 45.4 Å². The molecule has 7 nitrogen and oxygen atoms in total. The first kappa shape index (κ1) is 24.5. The van der Waals surface area contributed by atoms with Crippen LogP contribution in [0.4, 0.5) is 31.1 Å². The summed E-state index contributed by atoms with van der Waals surface area (Å²) in [7, 11) is 0. The van der Waals surface area contributed by atoms with Crippen LogP contribution >= 0.6 is 15.9 Å². The minimum Gasteiger partial charge on any atom is -0.445 e. The highest BCUT2D eigenvalue weighted by atomic mass is 79.9. The van der Waals surface area contributed by atoms with E-state index in [1.165, 1.54) is 24.3 Å². The SMILES string of the molecule is C[C@]1(c2nc(Br)ccc2F)N=C(NC(=O)OC(=O)c2ccccc2)O[C@@H](C(F)(F)F)C1(F)F. The van der Waals surface area contributed by atoms with Crippen molar-refractivity contribution in [2.45, 2.75) is 30.7 Å². The molecule has 33 heavy (non-hydrogen) atoms. The number of benzene rings is 1. The van der Waals surface area contributed by atoms with Crippen LogP contribution in [-0.2, 0) is 15.0 Å². The van der Waals surface area contributed by atoms with Crippen LogP contribution in [-0.4, -0.2) is 41.3 Å². The highest BCUT2D eigenvalue weighted by Gasteiger charge is 2.71. The van der Waals surface area contributed by atoms with Crippen LogP contribution in [0.2, 0.25) is 0 Å². The van der Waals surface area contributed by atoms with Gasteiger partial charge in [-0.05, 0) is 47.1 Å². The lowest BCUT2D eigenvalue weighted by Gasteiger charge is -2.42. The predicted molar refractivity (Wildman–Crippen MR) is 103 cm³/mol. The normalized spacial score (nSPS) is 22.1. The number of pyridine rings is 1. The third kappa shape index (κ3) is 4.79. The highest BCUT2D eigenvalue weighted by molar-refractivity contribution is 9.10. The van der Waals surface area contributed by atoms with Crippen LogP contribution in [0.5, 0.6) is 0 Å². The summed E-state index contributed by atoms with van der Waals surface area (Å²) >= 11 is 2.83. The summed E-state index contributed by atoms with van der Waals surface area (Å²) in [6.07, 6.45) is -11.2. The molecule has 2 heterocycles. The number of alkyl halides is 5. The molecule has 2 atom stereocenters. The number of amidine groups is 1. The molecule has 14 heteroatoms. The van der Waals surface area contributed by atoms with E-state index >= 15 is 0 Å². The van der Waals surface area contributed by atoms with E-state index in [4.69, 9.17) is 0 Å². The summed E-state index contributed by atoms with van der Waals surface area (Å²) in [5.41, 5.74) is -4.50. The number of nitrogens with zero attached hydrogens (tertiary/aromatic N) is 2. The Bertz CT molecular complexity index is 1110. The Kier molecular flexibility index (Phi) is 6.42. The van der Waals surface area contributed by atoms with Crippen molar-refractivity contribution in [3.8, 4) is 0 Å². The lowest BCUT2D eigenvalue weighted by Crippen LogP contribution is -2.63. The number of aromatic nitrogens is 1. The lowest BCUT2D eigenvalue weighted by molar-refractivity contribution is -0.288. The number of hydrogen-bond donors (Lipinski definition) is 1. The topological polar surface area (TPSA) is 89.9 Å². The molecule has 1 aliphatic rings. The third-order valence-electron chi connectivity index (χ3n) is 4.51. The second kappa shape index (κ2) is 8.65. The average molecular weight is 540 g/mol. The molecule has 0 spiro atoms. The summed E-state index contributed by atoms with van der Waals surface area (Å²) in [5.74, 6) is -7.44. The van der Waals surface area contributed by atoms with Gasteiger partial charge in [-0.2, -0.15) is 22.0 Å². The van der Waals surface area contributed by atoms with Crippen LogP contribution in [0.3, 0.4) is 0 Å². The van der Waals surface area contributed by atoms with Gasteiger partial charge in [0, 0.05) is 0 Å². The van der Waals surface area contributed by atoms with Crippen LogP contribution < -0.4 is 5.32 Å². The van der Waals surface area contributed by atoms with E-state index in [0.29, 0.717) is 13.0 Å². The molecule has 0 aliphatic carbocycles. The molecule has 1 aliphatic heterocycles. The van der Waals surface area contributed by atoms with Gasteiger partial charge < -0.3 is 9.47 Å². The van der Waals surface area contributed by atoms with E-state index in [9.17, 15) is 35.9 Å². The van der Waals surface area contributed by atoms with Crippen molar-refractivity contribution in [3.63, 3.8) is 0 Å². The van der Waals surface area contributed by atoms with E-state index in [1.54, 1.807) is 11.4 Å². The number of rotatable bonds is 2. The zero-order valence-electron chi connectivity index (χ0n) is 16.3. The molecule has 3 rings (SSSR count). The maximum absolute atomic E-state index is 15.0. The van der Waals surface area contributed by atoms with Crippen LogP contribution in [0, 0.1) is 5.82 Å². The zero-order chi connectivity index (χ0) is 24.6. The molecule has 1 aromatic carbocycles. The molecule has 0 saturated carbocycles. The maximum Gasteiger partial charge on any atom is 0.431 e. The Morgan fingerprint density at radius 1 is 1.15 bits per heavy atom. The average Bonchev–Trinajstić information content (AvgIpc) is 2.72. The number of halogens is 7. The fourth-order valence-electron chi connectivity index (χ4n) is 2.88. The molecule has 0 radical (unpaired) electrons. The Labute approximate surface area is 189 Å². The molecule has 0 unspecified atom stereocenters. The quantitative estimate of drug-likeness (QED) is 0.258. The van der Waals surface area contributed by atoms with Gasteiger partial charge in [0.2, 0.25) is 0 Å². The zero-order valence-corrected chi connectivity index (χ0v) is 17.9. The van der Waals surface area contributed by atoms with Gasteiger partial charge in [-0.15, -0.1) is 0 Å². The lowest BCUT2D eigenvalue weighted by atomic mass is 9.85. The Balaban J connectivity index is 1.99. The molecule has 1 N–H and O–H groups in total. The summed E-state index contributed by atoms with van der Waals surface area (Å²) in [6.45, 7) is 0.494. The molecule has 0 bridgehead atoms. The van der Waals surface area contributed by atoms with E-state index in [1.807, 2.05) is 0 Å². The molecule has 1 amide bonds. The highest BCUT2D eigenvalue weighted by Crippen LogP contribution is 2.50. The molecular formula is C19H12BrF6N3O4. The van der Waals surface area contributed by atoms with E-state index in [2.05, 4.69) is 35.4 Å². The fourth-order valence-corrected chi connectivity index (χ4v) is 3.18. The number of esters is 1. The van der Waals surface area contributed by atoms with Crippen LogP contribution in [0.1, 0.15) is 23.0 Å². The summed E-state index contributed by atoms with van der Waals surface area (Å²) in [6, 6.07) is 7.38. The smallest absolute Gasteiger partial charge is 0.431 e. The van der Waals surface area contributed by atoms with Crippen LogP contribution in [0.25, 0.3) is 0 Å². The van der Waals surface area contributed by atoms with Gasteiger partial charge in [-0.3, -0.25) is 0 Å². The van der Waals surface area contributed by atoms with Gasteiger partial charge in [0.05, 0.1) is 5.56 Å². The number of carbonyl (C=O) groups is 2. The first-order valence-electron chi connectivity index (χ1n) is 8.87. The van der Waals surface area contributed by atoms with Crippen molar-refractivity contribution in [1.82, 2.24) is 10.3 Å². The van der Waals surface area contributed by atoms with Gasteiger partial charge >= 0.3 is 24.2 Å². The van der Waals surface area contributed by atoms with Crippen molar-refractivity contribution in [3.05, 3.63) is 64.1 Å². The van der Waals surface area contributed by atoms with Gasteiger partial charge in [-0.25, -0.2) is 29.3 Å². The minimum atomic E-state index is -5.67. The molecule has 0 fully saturated rings. The fraction of sp³-hybridized carbons (Fsp3) is 0.263. The number of alkyl carbamates (subject to hydrolysis) is 1. The predicted octanol–water partition coefficient (Wildman–Crippen LogP) is 4.72. The van der Waals surface area contributed by atoms with E-state index < -0.39 is 53.3 Å². The van der Waals surface area contributed by atoms with Crippen molar-refractivity contribution >= 4 is 34.0 Å². The molecule has 176 valence electrons. The second-order valence-corrected chi connectivity index (χ2v) is 7.60. The Morgan fingerprint density at radius 2 is 1.79 bits per heavy atom. The van der Waals surface area contributed by atoms with Crippen molar-refractivity contribution in [1.29, 1.82) is 0 Å². The number of aliphatic imine (C=N–C) groups is 1. The van der Waals surface area contributed by atoms with Gasteiger partial charge in [0.15, 0.2) is 5.54 Å². The minimum absolute atomic E-state index is 0.0795. The summed E-state index contributed by atoms with van der Waals surface area (Å²) in [4.78, 5) is 30.8. The standard InChI is InChI=1S/C19H12BrF6N3O4/c1-17(12-10(21)7-8-11(20)27-12)18(22,23)14(19(24,25)26)33-15(29-17)28-16(31)32-13(30)9-5-3-2-4-6-9/h2-8,14H,1H3,(H,28,29,31)/t14-,17-/m1/s1. The number of amides is 1. The molecular weight excluding hydrogens is 528 g/mol. The largest absolute Gasteiger partial charge is 0.445 e. The Hall–Kier alpha value is -3.16. The van der Waals surface area contributed by atoms with Crippen LogP contribution in [0.15, 0.2) is 52.1 Å². The van der Waals surface area contributed by atoms with Gasteiger partial charge in [0.1, 0.15) is 16.1 Å². The third-order valence-corrected chi connectivity index (χ3v) is 4.95. The number of hydrogen-bond acceptors (Lipinski definition) is 6. The van der Waals surface area contributed by atoms with Gasteiger partial charge in [0.25, 0.3) is 12.1 Å². The maximum atomic E-state index is 15.0. The number of ether oxygens (including phenoxy) is 2. The van der Waals surface area contributed by atoms with Crippen molar-refractivity contribution in [2.24, 2.45) is 4.99 Å². The van der Waals surface area contributed by atoms with Gasteiger partial charge in [-0.1, -0.05) is 18.2 Å². The summed E-state index contributed by atoms with van der Waals surface area (Å²) < 4.78 is 93.1. The number of nitrogens with one attached hydrogen (secondary N) is 1.